The van der Waals surface area contributed by atoms with Crippen LogP contribution in [0.15, 0.2) is 24.4 Å². The first-order valence-corrected chi connectivity index (χ1v) is 9.56. The van der Waals surface area contributed by atoms with Gasteiger partial charge in [0, 0.05) is 16.8 Å². The number of benzene rings is 1. The highest BCUT2D eigenvalue weighted by atomic mass is 32.2. The molecule has 0 unspecified atom stereocenters. The maximum atomic E-state index is 5.59. The molecule has 0 bridgehead atoms. The molecule has 0 atom stereocenters. The first kappa shape index (κ1) is 16.7. The number of fused-ring (bicyclic) bond motifs is 1. The Hall–Kier alpha value is -1.17. The molecule has 5 heteroatoms. The van der Waals surface area contributed by atoms with Gasteiger partial charge in [-0.3, -0.25) is 0 Å². The molecule has 1 aromatic carbocycles. The summed E-state index contributed by atoms with van der Waals surface area (Å²) in [4.78, 5) is 11.8. The highest BCUT2D eigenvalue weighted by molar-refractivity contribution is 7.99. The van der Waals surface area contributed by atoms with E-state index in [9.17, 15) is 0 Å². The SMILES string of the molecule is Cc1cccc2cnc(CSC3CCN(CCCN)CC3)nc12. The first-order valence-electron chi connectivity index (χ1n) is 8.51. The van der Waals surface area contributed by atoms with Crippen LogP contribution in [0.25, 0.3) is 10.9 Å². The summed E-state index contributed by atoms with van der Waals surface area (Å²) < 4.78 is 0. The van der Waals surface area contributed by atoms with Gasteiger partial charge in [-0.15, -0.1) is 0 Å². The Morgan fingerprint density at radius 2 is 2.13 bits per heavy atom. The minimum atomic E-state index is 0.736. The summed E-state index contributed by atoms with van der Waals surface area (Å²) in [6.07, 6.45) is 5.60. The number of piperidine rings is 1. The van der Waals surface area contributed by atoms with Gasteiger partial charge in [0.15, 0.2) is 0 Å². The Morgan fingerprint density at radius 3 is 2.91 bits per heavy atom. The Morgan fingerprint density at radius 1 is 1.30 bits per heavy atom. The molecule has 2 heterocycles. The van der Waals surface area contributed by atoms with Crippen molar-refractivity contribution in [3.05, 3.63) is 35.8 Å². The van der Waals surface area contributed by atoms with Crippen LogP contribution in [0, 0.1) is 6.92 Å². The molecular formula is C18H26N4S. The van der Waals surface area contributed by atoms with E-state index in [0.717, 1.165) is 47.2 Å². The van der Waals surface area contributed by atoms with E-state index in [-0.39, 0.29) is 0 Å². The molecule has 1 fully saturated rings. The molecule has 1 saturated heterocycles. The van der Waals surface area contributed by atoms with Crippen LogP contribution in [0.2, 0.25) is 0 Å². The summed E-state index contributed by atoms with van der Waals surface area (Å²) in [5.74, 6) is 1.87. The van der Waals surface area contributed by atoms with Crippen LogP contribution in [0.5, 0.6) is 0 Å². The maximum absolute atomic E-state index is 5.59. The number of likely N-dealkylation sites (tertiary alicyclic amines) is 1. The fourth-order valence-electron chi connectivity index (χ4n) is 3.12. The Balaban J connectivity index is 1.52. The molecule has 124 valence electrons. The highest BCUT2D eigenvalue weighted by Gasteiger charge is 2.19. The lowest BCUT2D eigenvalue weighted by Gasteiger charge is -2.31. The van der Waals surface area contributed by atoms with Gasteiger partial charge in [-0.1, -0.05) is 18.2 Å². The molecule has 2 aromatic rings. The Kier molecular flexibility index (Phi) is 5.86. The second kappa shape index (κ2) is 8.08. The third-order valence-electron chi connectivity index (χ3n) is 4.52. The third-order valence-corrected chi connectivity index (χ3v) is 5.89. The van der Waals surface area contributed by atoms with Crippen molar-refractivity contribution in [2.75, 3.05) is 26.2 Å². The second-order valence-corrected chi connectivity index (χ2v) is 7.58. The second-order valence-electron chi connectivity index (χ2n) is 6.29. The summed E-state index contributed by atoms with van der Waals surface area (Å²) >= 11 is 2.01. The van der Waals surface area contributed by atoms with Gasteiger partial charge in [-0.2, -0.15) is 11.8 Å². The lowest BCUT2D eigenvalue weighted by molar-refractivity contribution is 0.231. The zero-order valence-electron chi connectivity index (χ0n) is 13.9. The largest absolute Gasteiger partial charge is 0.330 e. The number of hydrogen-bond acceptors (Lipinski definition) is 5. The molecular weight excluding hydrogens is 304 g/mol. The lowest BCUT2D eigenvalue weighted by Crippen LogP contribution is -2.36. The average molecular weight is 331 g/mol. The van der Waals surface area contributed by atoms with Crippen molar-refractivity contribution in [1.82, 2.24) is 14.9 Å². The smallest absolute Gasteiger partial charge is 0.138 e. The zero-order valence-corrected chi connectivity index (χ0v) is 14.7. The van der Waals surface area contributed by atoms with E-state index in [1.807, 2.05) is 18.0 Å². The van der Waals surface area contributed by atoms with Gasteiger partial charge < -0.3 is 10.6 Å². The minimum Gasteiger partial charge on any atom is -0.330 e. The molecule has 3 rings (SSSR count). The van der Waals surface area contributed by atoms with Crippen molar-refractivity contribution in [1.29, 1.82) is 0 Å². The summed E-state index contributed by atoms with van der Waals surface area (Å²) in [7, 11) is 0. The molecule has 1 aromatic heterocycles. The summed E-state index contributed by atoms with van der Waals surface area (Å²) in [6, 6.07) is 6.26. The predicted molar refractivity (Wildman–Crippen MR) is 98.7 cm³/mol. The van der Waals surface area contributed by atoms with Crippen LogP contribution < -0.4 is 5.73 Å². The van der Waals surface area contributed by atoms with Gasteiger partial charge in [-0.25, -0.2) is 9.97 Å². The van der Waals surface area contributed by atoms with Crippen molar-refractivity contribution in [3.63, 3.8) is 0 Å². The van der Waals surface area contributed by atoms with Gasteiger partial charge in [-0.05, 0) is 57.9 Å². The van der Waals surface area contributed by atoms with Crippen LogP contribution in [0.4, 0.5) is 0 Å². The maximum Gasteiger partial charge on any atom is 0.138 e. The van der Waals surface area contributed by atoms with Gasteiger partial charge >= 0.3 is 0 Å². The topological polar surface area (TPSA) is 55.0 Å². The number of nitrogens with two attached hydrogens (primary N) is 1. The first-order chi connectivity index (χ1) is 11.3. The van der Waals surface area contributed by atoms with Crippen molar-refractivity contribution in [2.45, 2.75) is 37.2 Å². The third kappa shape index (κ3) is 4.43. The van der Waals surface area contributed by atoms with Crippen LogP contribution >= 0.6 is 11.8 Å². The van der Waals surface area contributed by atoms with E-state index < -0.39 is 0 Å². The summed E-state index contributed by atoms with van der Waals surface area (Å²) in [5.41, 5.74) is 7.91. The Bertz CT molecular complexity index is 638. The lowest BCUT2D eigenvalue weighted by atomic mass is 10.1. The number of rotatable bonds is 6. The fraction of sp³-hybridized carbons (Fsp3) is 0.556. The van der Waals surface area contributed by atoms with E-state index in [2.05, 4.69) is 35.0 Å². The van der Waals surface area contributed by atoms with Gasteiger partial charge in [0.25, 0.3) is 0 Å². The number of para-hydroxylation sites is 1. The molecule has 1 aliphatic rings. The molecule has 4 nitrogen and oxygen atoms in total. The highest BCUT2D eigenvalue weighted by Crippen LogP contribution is 2.26. The fourth-order valence-corrected chi connectivity index (χ4v) is 4.18. The van der Waals surface area contributed by atoms with E-state index in [0.29, 0.717) is 0 Å². The van der Waals surface area contributed by atoms with Crippen LogP contribution in [0.1, 0.15) is 30.7 Å². The monoisotopic (exact) mass is 330 g/mol. The molecule has 0 amide bonds. The average Bonchev–Trinajstić information content (AvgIpc) is 2.59. The van der Waals surface area contributed by atoms with E-state index in [4.69, 9.17) is 10.7 Å². The van der Waals surface area contributed by atoms with Gasteiger partial charge in [0.05, 0.1) is 11.3 Å². The number of thioether (sulfide) groups is 1. The van der Waals surface area contributed by atoms with E-state index in [1.165, 1.54) is 31.5 Å². The quantitative estimate of drug-likeness (QED) is 0.882. The van der Waals surface area contributed by atoms with E-state index >= 15 is 0 Å². The summed E-state index contributed by atoms with van der Waals surface area (Å²) in [5, 5.41) is 1.87. The number of aromatic nitrogens is 2. The normalized spacial score (nSPS) is 17.0. The van der Waals surface area contributed by atoms with Crippen molar-refractivity contribution < 1.29 is 0 Å². The van der Waals surface area contributed by atoms with Crippen molar-refractivity contribution in [2.24, 2.45) is 5.73 Å². The van der Waals surface area contributed by atoms with Crippen molar-refractivity contribution >= 4 is 22.7 Å². The predicted octanol–water partition coefficient (Wildman–Crippen LogP) is 2.98. The molecule has 0 radical (unpaired) electrons. The van der Waals surface area contributed by atoms with Crippen molar-refractivity contribution in [3.8, 4) is 0 Å². The number of hydrogen-bond donors (Lipinski definition) is 1. The molecule has 0 aliphatic carbocycles. The minimum absolute atomic E-state index is 0.736. The number of aryl methyl sites for hydroxylation is 1. The summed E-state index contributed by atoms with van der Waals surface area (Å²) in [6.45, 7) is 6.47. The molecule has 0 spiro atoms. The molecule has 23 heavy (non-hydrogen) atoms. The van der Waals surface area contributed by atoms with Crippen LogP contribution in [0.3, 0.4) is 0 Å². The molecule has 1 aliphatic heterocycles. The van der Waals surface area contributed by atoms with Gasteiger partial charge in [0.1, 0.15) is 5.82 Å². The van der Waals surface area contributed by atoms with Gasteiger partial charge in [0.2, 0.25) is 0 Å². The van der Waals surface area contributed by atoms with E-state index in [1.54, 1.807) is 0 Å². The molecule has 2 N–H and O–H groups in total. The van der Waals surface area contributed by atoms with Crippen LogP contribution in [-0.2, 0) is 5.75 Å². The standard InChI is InChI=1S/C18H26N4S/c1-14-4-2-5-15-12-20-17(21-18(14)15)13-23-16-6-10-22(11-7-16)9-3-8-19/h2,4-5,12,16H,3,6-11,13,19H2,1H3. The Labute approximate surface area is 142 Å². The molecule has 0 saturated carbocycles. The van der Waals surface area contributed by atoms with Crippen LogP contribution in [-0.4, -0.2) is 46.3 Å². The number of nitrogens with zero attached hydrogens (tertiary/aromatic N) is 3. The zero-order chi connectivity index (χ0) is 16.1.